The van der Waals surface area contributed by atoms with Crippen molar-refractivity contribution in [3.63, 3.8) is 0 Å². The molecular formula is C20H21Cl2N3O. The van der Waals surface area contributed by atoms with Crippen LogP contribution in [0.25, 0.3) is 11.0 Å². The van der Waals surface area contributed by atoms with E-state index in [1.165, 1.54) is 0 Å². The molecule has 0 amide bonds. The van der Waals surface area contributed by atoms with Gasteiger partial charge in [-0.15, -0.1) is 0 Å². The summed E-state index contributed by atoms with van der Waals surface area (Å²) in [6.07, 6.45) is 1.98. The number of halogens is 2. The molecule has 3 aromatic rings. The normalized spacial score (nSPS) is 15.7. The monoisotopic (exact) mass is 389 g/mol. The Bertz CT molecular complexity index is 917. The minimum absolute atomic E-state index is 0.268. The van der Waals surface area contributed by atoms with Gasteiger partial charge >= 0.3 is 0 Å². The number of nitrogens with zero attached hydrogens (tertiary/aromatic N) is 3. The van der Waals surface area contributed by atoms with E-state index in [0.29, 0.717) is 22.5 Å². The molecule has 0 radical (unpaired) electrons. The second-order valence-electron chi connectivity index (χ2n) is 6.84. The first kappa shape index (κ1) is 17.7. The zero-order valence-electron chi connectivity index (χ0n) is 14.4. The zero-order chi connectivity index (χ0) is 18.1. The van der Waals surface area contributed by atoms with E-state index in [1.54, 1.807) is 6.07 Å². The van der Waals surface area contributed by atoms with E-state index in [4.69, 9.17) is 28.2 Å². The maximum absolute atomic E-state index is 9.40. The van der Waals surface area contributed by atoms with Gasteiger partial charge < -0.3 is 14.6 Å². The number of anilines is 1. The molecule has 1 aromatic heterocycles. The van der Waals surface area contributed by atoms with Crippen LogP contribution in [0.4, 0.5) is 5.95 Å². The van der Waals surface area contributed by atoms with Gasteiger partial charge in [0.15, 0.2) is 0 Å². The van der Waals surface area contributed by atoms with Gasteiger partial charge in [-0.3, -0.25) is 0 Å². The van der Waals surface area contributed by atoms with Crippen molar-refractivity contribution in [1.29, 1.82) is 0 Å². The Kier molecular flexibility index (Phi) is 5.07. The minimum atomic E-state index is 0.268. The summed E-state index contributed by atoms with van der Waals surface area (Å²) in [4.78, 5) is 7.20. The van der Waals surface area contributed by atoms with Crippen molar-refractivity contribution in [1.82, 2.24) is 9.55 Å². The van der Waals surface area contributed by atoms with Crippen molar-refractivity contribution < 1.29 is 5.11 Å². The molecule has 1 aliphatic heterocycles. The van der Waals surface area contributed by atoms with E-state index in [1.807, 2.05) is 30.3 Å². The molecule has 0 spiro atoms. The van der Waals surface area contributed by atoms with Crippen LogP contribution in [0.1, 0.15) is 18.4 Å². The largest absolute Gasteiger partial charge is 0.396 e. The molecule has 1 aliphatic rings. The molecule has 6 heteroatoms. The van der Waals surface area contributed by atoms with Crippen LogP contribution in [0.2, 0.25) is 10.0 Å². The number of aromatic nitrogens is 2. The van der Waals surface area contributed by atoms with Crippen LogP contribution in [0.5, 0.6) is 0 Å². The van der Waals surface area contributed by atoms with Gasteiger partial charge in [0.25, 0.3) is 0 Å². The highest BCUT2D eigenvalue weighted by Crippen LogP contribution is 2.29. The first-order chi connectivity index (χ1) is 12.7. The SMILES string of the molecule is OCC1CCN(c2nc3ccccc3n2Cc2ccc(Cl)cc2Cl)CC1. The zero-order valence-corrected chi connectivity index (χ0v) is 15.9. The third-order valence-electron chi connectivity index (χ3n) is 5.13. The van der Waals surface area contributed by atoms with Crippen LogP contribution in [0, 0.1) is 5.92 Å². The maximum Gasteiger partial charge on any atom is 0.206 e. The standard InChI is InChI=1S/C20H21Cl2N3O/c21-16-6-5-15(17(22)11-16)12-25-19-4-2-1-3-18(19)23-20(25)24-9-7-14(13-26)8-10-24/h1-6,11,14,26H,7-10,12-13H2. The maximum atomic E-state index is 9.40. The highest BCUT2D eigenvalue weighted by molar-refractivity contribution is 6.35. The fourth-order valence-corrected chi connectivity index (χ4v) is 4.06. The van der Waals surface area contributed by atoms with E-state index < -0.39 is 0 Å². The van der Waals surface area contributed by atoms with Crippen molar-refractivity contribution in [3.8, 4) is 0 Å². The summed E-state index contributed by atoms with van der Waals surface area (Å²) in [7, 11) is 0. The van der Waals surface area contributed by atoms with E-state index in [0.717, 1.165) is 48.5 Å². The van der Waals surface area contributed by atoms with Gasteiger partial charge in [0.1, 0.15) is 0 Å². The number of rotatable bonds is 4. The quantitative estimate of drug-likeness (QED) is 0.708. The number of benzene rings is 2. The Morgan fingerprint density at radius 1 is 1.08 bits per heavy atom. The van der Waals surface area contributed by atoms with Gasteiger partial charge in [0, 0.05) is 29.7 Å². The third-order valence-corrected chi connectivity index (χ3v) is 5.72. The first-order valence-corrected chi connectivity index (χ1v) is 9.66. The average Bonchev–Trinajstić information content (AvgIpc) is 3.02. The molecule has 1 saturated heterocycles. The molecule has 1 N–H and O–H groups in total. The third kappa shape index (κ3) is 3.41. The summed E-state index contributed by atoms with van der Waals surface area (Å²) in [6.45, 7) is 2.72. The number of hydrogen-bond acceptors (Lipinski definition) is 3. The van der Waals surface area contributed by atoms with Crippen molar-refractivity contribution in [2.75, 3.05) is 24.6 Å². The number of aliphatic hydroxyl groups is 1. The van der Waals surface area contributed by atoms with Crippen LogP contribution in [-0.4, -0.2) is 34.4 Å². The summed E-state index contributed by atoms with van der Waals surface area (Å²) in [5.74, 6) is 1.36. The van der Waals surface area contributed by atoms with Crippen LogP contribution in [-0.2, 0) is 6.54 Å². The molecular weight excluding hydrogens is 369 g/mol. The van der Waals surface area contributed by atoms with Crippen LogP contribution in [0.15, 0.2) is 42.5 Å². The molecule has 4 nitrogen and oxygen atoms in total. The lowest BCUT2D eigenvalue weighted by Gasteiger charge is -2.32. The predicted molar refractivity (Wildman–Crippen MR) is 107 cm³/mol. The Balaban J connectivity index is 1.72. The van der Waals surface area contributed by atoms with Crippen LogP contribution >= 0.6 is 23.2 Å². The van der Waals surface area contributed by atoms with Gasteiger partial charge in [0.05, 0.1) is 17.6 Å². The Labute approximate surface area is 163 Å². The molecule has 26 heavy (non-hydrogen) atoms. The van der Waals surface area contributed by atoms with E-state index in [2.05, 4.69) is 15.5 Å². The van der Waals surface area contributed by atoms with E-state index >= 15 is 0 Å². The molecule has 136 valence electrons. The van der Waals surface area contributed by atoms with E-state index in [-0.39, 0.29) is 6.61 Å². The van der Waals surface area contributed by atoms with Gasteiger partial charge in [-0.05, 0) is 48.6 Å². The number of piperidine rings is 1. The summed E-state index contributed by atoms with van der Waals surface area (Å²) in [5, 5.41) is 10.7. The molecule has 4 rings (SSSR count). The second kappa shape index (κ2) is 7.47. The number of para-hydroxylation sites is 2. The first-order valence-electron chi connectivity index (χ1n) is 8.90. The Morgan fingerprint density at radius 2 is 1.85 bits per heavy atom. The average molecular weight is 390 g/mol. The lowest BCUT2D eigenvalue weighted by molar-refractivity contribution is 0.202. The van der Waals surface area contributed by atoms with Crippen molar-refractivity contribution in [2.24, 2.45) is 5.92 Å². The number of hydrogen-bond donors (Lipinski definition) is 1. The minimum Gasteiger partial charge on any atom is -0.396 e. The van der Waals surface area contributed by atoms with Gasteiger partial charge in [-0.1, -0.05) is 41.4 Å². The molecule has 0 atom stereocenters. The fraction of sp³-hybridized carbons (Fsp3) is 0.350. The Hall–Kier alpha value is -1.75. The van der Waals surface area contributed by atoms with Crippen molar-refractivity contribution >= 4 is 40.2 Å². The molecule has 0 bridgehead atoms. The predicted octanol–water partition coefficient (Wildman–Crippen LogP) is 4.60. The number of aliphatic hydroxyl groups excluding tert-OH is 1. The lowest BCUT2D eigenvalue weighted by atomic mass is 9.98. The fourth-order valence-electron chi connectivity index (χ4n) is 3.60. The second-order valence-corrected chi connectivity index (χ2v) is 7.68. The van der Waals surface area contributed by atoms with Crippen LogP contribution in [0.3, 0.4) is 0 Å². The Morgan fingerprint density at radius 3 is 2.58 bits per heavy atom. The smallest absolute Gasteiger partial charge is 0.206 e. The summed E-state index contributed by atoms with van der Waals surface area (Å²) >= 11 is 12.5. The molecule has 2 heterocycles. The number of imidazole rings is 1. The molecule has 0 unspecified atom stereocenters. The van der Waals surface area contributed by atoms with Gasteiger partial charge in [-0.25, -0.2) is 4.98 Å². The van der Waals surface area contributed by atoms with Crippen LogP contribution < -0.4 is 4.90 Å². The topological polar surface area (TPSA) is 41.3 Å². The van der Waals surface area contributed by atoms with Gasteiger partial charge in [0.2, 0.25) is 5.95 Å². The van der Waals surface area contributed by atoms with Crippen molar-refractivity contribution in [2.45, 2.75) is 19.4 Å². The molecule has 2 aromatic carbocycles. The highest BCUT2D eigenvalue weighted by Gasteiger charge is 2.23. The molecule has 0 saturated carbocycles. The molecule has 1 fully saturated rings. The number of fused-ring (bicyclic) bond motifs is 1. The van der Waals surface area contributed by atoms with Gasteiger partial charge in [-0.2, -0.15) is 0 Å². The lowest BCUT2D eigenvalue weighted by Crippen LogP contribution is -2.36. The summed E-state index contributed by atoms with van der Waals surface area (Å²) in [6, 6.07) is 13.8. The molecule has 0 aliphatic carbocycles. The summed E-state index contributed by atoms with van der Waals surface area (Å²) < 4.78 is 2.23. The summed E-state index contributed by atoms with van der Waals surface area (Å²) in [5.41, 5.74) is 3.10. The van der Waals surface area contributed by atoms with Crippen molar-refractivity contribution in [3.05, 3.63) is 58.1 Å². The highest BCUT2D eigenvalue weighted by atomic mass is 35.5. The van der Waals surface area contributed by atoms with E-state index in [9.17, 15) is 5.11 Å².